The fraction of sp³-hybridized carbons (Fsp3) is 0.208. The monoisotopic (exact) mass is 455 g/mol. The highest BCUT2D eigenvalue weighted by Gasteiger charge is 2.33. The quantitative estimate of drug-likeness (QED) is 0.546. The Balaban J connectivity index is 1.67. The summed E-state index contributed by atoms with van der Waals surface area (Å²) < 4.78 is 25.5. The molecule has 4 rings (SSSR count). The second-order valence-corrected chi connectivity index (χ2v) is 8.13. The molecular formula is C24H20ClF2N3O2. The van der Waals surface area contributed by atoms with Crippen molar-refractivity contribution in [2.75, 3.05) is 16.8 Å². The molecule has 1 atom stereocenters. The number of anilines is 2. The third kappa shape index (κ3) is 4.21. The van der Waals surface area contributed by atoms with Crippen molar-refractivity contribution in [3.05, 3.63) is 76.6 Å². The number of aryl methyl sites for hydroxylation is 1. The number of nitrogens with one attached hydrogen (secondary N) is 1. The molecule has 0 unspecified atom stereocenters. The molecule has 164 valence electrons. The molecule has 1 aliphatic rings. The molecule has 3 aromatic rings. The van der Waals surface area contributed by atoms with Crippen LogP contribution in [0.2, 0.25) is 5.02 Å². The summed E-state index contributed by atoms with van der Waals surface area (Å²) in [4.78, 5) is 32.0. The topological polar surface area (TPSA) is 62.3 Å². The Labute approximate surface area is 189 Å². The summed E-state index contributed by atoms with van der Waals surface area (Å²) in [5, 5.41) is 3.19. The second-order valence-electron chi connectivity index (χ2n) is 7.69. The number of aromatic nitrogens is 1. The first-order valence-corrected chi connectivity index (χ1v) is 10.4. The SMILES string of the molecule is Cc1cc2c(cn1)-c1ccc(Cl)cc1[C@H](C)C(=O)N2CC(=O)Nc1ccc(C(F)F)cc1. The van der Waals surface area contributed by atoms with Crippen molar-refractivity contribution in [3.8, 4) is 11.1 Å². The lowest BCUT2D eigenvalue weighted by molar-refractivity contribution is -0.122. The van der Waals surface area contributed by atoms with Gasteiger partial charge < -0.3 is 10.2 Å². The predicted octanol–water partition coefficient (Wildman–Crippen LogP) is 5.74. The lowest BCUT2D eigenvalue weighted by atomic mass is 9.93. The van der Waals surface area contributed by atoms with Gasteiger partial charge >= 0.3 is 0 Å². The Morgan fingerprint density at radius 3 is 2.56 bits per heavy atom. The Kier molecular flexibility index (Phi) is 5.93. The van der Waals surface area contributed by atoms with E-state index in [-0.39, 0.29) is 18.0 Å². The minimum atomic E-state index is -2.58. The van der Waals surface area contributed by atoms with E-state index in [2.05, 4.69) is 10.3 Å². The number of carbonyl (C=O) groups is 2. The largest absolute Gasteiger partial charge is 0.325 e. The van der Waals surface area contributed by atoms with E-state index in [0.29, 0.717) is 22.1 Å². The highest BCUT2D eigenvalue weighted by molar-refractivity contribution is 6.30. The molecular weight excluding hydrogens is 436 g/mol. The van der Waals surface area contributed by atoms with E-state index in [0.717, 1.165) is 16.7 Å². The normalized spacial score (nSPS) is 15.2. The van der Waals surface area contributed by atoms with E-state index in [1.165, 1.54) is 29.2 Å². The third-order valence-electron chi connectivity index (χ3n) is 5.46. The van der Waals surface area contributed by atoms with Gasteiger partial charge in [0.05, 0.1) is 11.6 Å². The lowest BCUT2D eigenvalue weighted by Crippen LogP contribution is -2.40. The van der Waals surface area contributed by atoms with Crippen LogP contribution in [0, 0.1) is 6.92 Å². The first-order valence-electron chi connectivity index (χ1n) is 10.0. The molecule has 0 spiro atoms. The van der Waals surface area contributed by atoms with Crippen LogP contribution in [0.3, 0.4) is 0 Å². The van der Waals surface area contributed by atoms with Crippen molar-refractivity contribution in [3.63, 3.8) is 0 Å². The summed E-state index contributed by atoms with van der Waals surface area (Å²) in [6, 6.07) is 12.5. The summed E-state index contributed by atoms with van der Waals surface area (Å²) in [7, 11) is 0. The fourth-order valence-corrected chi connectivity index (χ4v) is 4.00. The summed E-state index contributed by atoms with van der Waals surface area (Å²) in [6.45, 7) is 3.35. The van der Waals surface area contributed by atoms with Gasteiger partial charge in [0.1, 0.15) is 6.54 Å². The van der Waals surface area contributed by atoms with E-state index in [1.54, 1.807) is 31.3 Å². The molecule has 2 amide bonds. The number of amides is 2. The molecule has 2 heterocycles. The van der Waals surface area contributed by atoms with Gasteiger partial charge in [-0.3, -0.25) is 14.6 Å². The number of hydrogen-bond acceptors (Lipinski definition) is 3. The predicted molar refractivity (Wildman–Crippen MR) is 120 cm³/mol. The standard InChI is InChI=1S/C24H20ClF2N3O2/c1-13-9-21-20(11-28-13)18-8-5-16(25)10-19(18)14(2)24(32)30(21)12-22(31)29-17-6-3-15(4-7-17)23(26)27/h3-11,14,23H,12H2,1-2H3,(H,29,31)/t14-/m0/s1. The second kappa shape index (κ2) is 8.67. The van der Waals surface area contributed by atoms with Crippen LogP contribution >= 0.6 is 11.6 Å². The van der Waals surface area contributed by atoms with Crippen molar-refractivity contribution in [2.45, 2.75) is 26.2 Å². The van der Waals surface area contributed by atoms with Gasteiger partial charge in [0, 0.05) is 33.7 Å². The summed E-state index contributed by atoms with van der Waals surface area (Å²) >= 11 is 6.19. The number of nitrogens with zero attached hydrogens (tertiary/aromatic N) is 2. The molecule has 0 bridgehead atoms. The molecule has 32 heavy (non-hydrogen) atoms. The lowest BCUT2D eigenvalue weighted by Gasteiger charge is -2.24. The van der Waals surface area contributed by atoms with E-state index in [4.69, 9.17) is 11.6 Å². The molecule has 0 fully saturated rings. The molecule has 0 saturated heterocycles. The van der Waals surface area contributed by atoms with Crippen LogP contribution in [-0.4, -0.2) is 23.3 Å². The van der Waals surface area contributed by atoms with Gasteiger partial charge in [-0.15, -0.1) is 0 Å². The highest BCUT2D eigenvalue weighted by atomic mass is 35.5. The van der Waals surface area contributed by atoms with Gasteiger partial charge in [-0.05, 0) is 55.3 Å². The van der Waals surface area contributed by atoms with Crippen LogP contribution in [0.25, 0.3) is 11.1 Å². The van der Waals surface area contributed by atoms with E-state index >= 15 is 0 Å². The van der Waals surface area contributed by atoms with Gasteiger partial charge in [-0.2, -0.15) is 0 Å². The zero-order valence-electron chi connectivity index (χ0n) is 17.4. The summed E-state index contributed by atoms with van der Waals surface area (Å²) in [5.74, 6) is -1.23. The van der Waals surface area contributed by atoms with Crippen molar-refractivity contribution >= 4 is 34.8 Å². The Bertz CT molecular complexity index is 1200. The number of benzene rings is 2. The molecule has 1 N–H and O–H groups in total. The van der Waals surface area contributed by atoms with Crippen LogP contribution in [0.1, 0.15) is 36.1 Å². The molecule has 0 radical (unpaired) electrons. The molecule has 5 nitrogen and oxygen atoms in total. The molecule has 2 aromatic carbocycles. The first kappa shape index (κ1) is 21.9. The van der Waals surface area contributed by atoms with E-state index in [9.17, 15) is 18.4 Å². The molecule has 8 heteroatoms. The van der Waals surface area contributed by atoms with Crippen molar-refractivity contribution in [1.29, 1.82) is 0 Å². The van der Waals surface area contributed by atoms with Gasteiger partial charge in [0.2, 0.25) is 11.8 Å². The molecule has 1 aliphatic heterocycles. The maximum Gasteiger partial charge on any atom is 0.263 e. The van der Waals surface area contributed by atoms with Crippen LogP contribution in [0.15, 0.2) is 54.7 Å². The number of hydrogen-bond donors (Lipinski definition) is 1. The zero-order valence-corrected chi connectivity index (χ0v) is 18.2. The zero-order chi connectivity index (χ0) is 23.0. The summed E-state index contributed by atoms with van der Waals surface area (Å²) in [6.07, 6.45) is -0.893. The van der Waals surface area contributed by atoms with Crippen molar-refractivity contribution in [1.82, 2.24) is 4.98 Å². The Morgan fingerprint density at radius 1 is 1.16 bits per heavy atom. The van der Waals surface area contributed by atoms with E-state index < -0.39 is 18.3 Å². The number of carbonyl (C=O) groups excluding carboxylic acids is 2. The minimum absolute atomic E-state index is 0.132. The Hall–Kier alpha value is -3.32. The average Bonchev–Trinajstić information content (AvgIpc) is 2.83. The smallest absolute Gasteiger partial charge is 0.263 e. The van der Waals surface area contributed by atoms with Crippen LogP contribution < -0.4 is 10.2 Å². The van der Waals surface area contributed by atoms with Gasteiger partial charge in [-0.25, -0.2) is 8.78 Å². The number of rotatable bonds is 4. The van der Waals surface area contributed by atoms with Crippen LogP contribution in [0.5, 0.6) is 0 Å². The summed E-state index contributed by atoms with van der Waals surface area (Å²) in [5.41, 5.74) is 3.86. The maximum absolute atomic E-state index is 13.4. The molecule has 1 aromatic heterocycles. The van der Waals surface area contributed by atoms with E-state index in [1.807, 2.05) is 13.0 Å². The first-order chi connectivity index (χ1) is 15.2. The van der Waals surface area contributed by atoms with Gasteiger partial charge in [0.25, 0.3) is 6.43 Å². The fourth-order valence-electron chi connectivity index (χ4n) is 3.82. The number of alkyl halides is 2. The maximum atomic E-state index is 13.4. The minimum Gasteiger partial charge on any atom is -0.325 e. The average molecular weight is 456 g/mol. The number of pyridine rings is 1. The van der Waals surface area contributed by atoms with Crippen LogP contribution in [0.4, 0.5) is 20.2 Å². The Morgan fingerprint density at radius 2 is 1.88 bits per heavy atom. The molecule has 0 saturated carbocycles. The number of fused-ring (bicyclic) bond motifs is 3. The van der Waals surface area contributed by atoms with Gasteiger partial charge in [-0.1, -0.05) is 29.8 Å². The van der Waals surface area contributed by atoms with Crippen molar-refractivity contribution < 1.29 is 18.4 Å². The highest BCUT2D eigenvalue weighted by Crippen LogP contribution is 2.41. The molecule has 0 aliphatic carbocycles. The third-order valence-corrected chi connectivity index (χ3v) is 5.70. The van der Waals surface area contributed by atoms with Gasteiger partial charge in [0.15, 0.2) is 0 Å². The van der Waals surface area contributed by atoms with Crippen LogP contribution in [-0.2, 0) is 9.59 Å². The van der Waals surface area contributed by atoms with Crippen molar-refractivity contribution in [2.24, 2.45) is 0 Å². The number of halogens is 3.